The van der Waals surface area contributed by atoms with Crippen molar-refractivity contribution in [3.05, 3.63) is 166 Å². The summed E-state index contributed by atoms with van der Waals surface area (Å²) in [6.45, 7) is 6.89. The summed E-state index contributed by atoms with van der Waals surface area (Å²) in [6.07, 6.45) is 3.49. The van der Waals surface area contributed by atoms with Crippen LogP contribution >= 0.6 is 0 Å². The Balaban J connectivity index is 1.10. The molecule has 1 unspecified atom stereocenters. The van der Waals surface area contributed by atoms with Gasteiger partial charge in [0.25, 0.3) is 5.56 Å². The van der Waals surface area contributed by atoms with E-state index in [2.05, 4.69) is 46.2 Å². The van der Waals surface area contributed by atoms with Gasteiger partial charge < -0.3 is 29.0 Å². The van der Waals surface area contributed by atoms with Gasteiger partial charge in [0.2, 0.25) is 0 Å². The predicted octanol–water partition coefficient (Wildman–Crippen LogP) is 7.81. The lowest BCUT2D eigenvalue weighted by Gasteiger charge is -2.44. The number of phenolic OH excluding ortho intramolecular Hbond substituents is 1. The van der Waals surface area contributed by atoms with E-state index in [1.54, 1.807) is 18.2 Å². The Morgan fingerprint density at radius 3 is 2.15 bits per heavy atom. The van der Waals surface area contributed by atoms with Gasteiger partial charge in [0.1, 0.15) is 33.9 Å². The van der Waals surface area contributed by atoms with Crippen LogP contribution in [0.4, 0.5) is 10.1 Å². The second-order valence-electron chi connectivity index (χ2n) is 17.0. The first-order valence-electron chi connectivity index (χ1n) is 22.7. The van der Waals surface area contributed by atoms with Gasteiger partial charge >= 0.3 is 0 Å². The maximum absolute atomic E-state index is 16.2. The molecule has 2 atom stereocenters. The molecule has 3 saturated heterocycles. The van der Waals surface area contributed by atoms with Gasteiger partial charge in [0.15, 0.2) is 5.82 Å². The number of benzene rings is 5. The molecular weight excluding hydrogens is 824 g/mol. The van der Waals surface area contributed by atoms with Crippen LogP contribution in [0.5, 0.6) is 11.5 Å². The predicted molar refractivity (Wildman–Crippen MR) is 248 cm³/mol. The molecule has 0 spiro atoms. The number of rotatable bonds is 14. The average molecular weight is 877 g/mol. The average Bonchev–Trinajstić information content (AvgIpc) is 3.72. The first-order valence-corrected chi connectivity index (χ1v) is 22.7. The molecule has 10 rings (SSSR count). The third kappa shape index (κ3) is 8.41. The number of piperazine rings is 1. The van der Waals surface area contributed by atoms with Crippen LogP contribution in [0.3, 0.4) is 0 Å². The van der Waals surface area contributed by atoms with Gasteiger partial charge in [-0.2, -0.15) is 14.9 Å². The van der Waals surface area contributed by atoms with Crippen molar-refractivity contribution in [3.8, 4) is 28.4 Å². The van der Waals surface area contributed by atoms with Gasteiger partial charge in [-0.25, -0.2) is 9.07 Å². The minimum Gasteiger partial charge on any atom is -0.506 e. The first kappa shape index (κ1) is 42.6. The van der Waals surface area contributed by atoms with Crippen LogP contribution in [0.1, 0.15) is 42.4 Å². The fraction of sp³-hybridized carbons (Fsp3) is 0.327. The summed E-state index contributed by atoms with van der Waals surface area (Å²) in [4.78, 5) is 19.3. The second-order valence-corrected chi connectivity index (χ2v) is 17.0. The highest BCUT2D eigenvalue weighted by Gasteiger charge is 2.42. The van der Waals surface area contributed by atoms with Crippen molar-refractivity contribution in [1.82, 2.24) is 24.5 Å². The van der Waals surface area contributed by atoms with Crippen molar-refractivity contribution >= 4 is 16.7 Å². The van der Waals surface area contributed by atoms with E-state index in [0.29, 0.717) is 54.2 Å². The molecule has 0 saturated carbocycles. The molecule has 3 fully saturated rings. The fourth-order valence-corrected chi connectivity index (χ4v) is 9.69. The fourth-order valence-electron chi connectivity index (χ4n) is 9.69. The molecule has 2 aromatic heterocycles. The van der Waals surface area contributed by atoms with Crippen LogP contribution in [-0.2, 0) is 19.7 Å². The number of hydrogen-bond acceptors (Lipinski definition) is 10. The number of halogens is 1. The van der Waals surface area contributed by atoms with Crippen LogP contribution < -0.4 is 15.2 Å². The first-order chi connectivity index (χ1) is 32.0. The van der Waals surface area contributed by atoms with Gasteiger partial charge in [-0.15, -0.1) is 0 Å². The van der Waals surface area contributed by atoms with E-state index in [4.69, 9.17) is 29.1 Å². The molecule has 12 nitrogen and oxygen atoms in total. The van der Waals surface area contributed by atoms with E-state index in [1.165, 1.54) is 12.1 Å². The number of morpholine rings is 1. The Bertz CT molecular complexity index is 2680. The summed E-state index contributed by atoms with van der Waals surface area (Å²) < 4.78 is 42.7. The second kappa shape index (κ2) is 19.0. The Morgan fingerprint density at radius 2 is 1.46 bits per heavy atom. The van der Waals surface area contributed by atoms with Crippen molar-refractivity contribution < 1.29 is 28.4 Å². The standard InChI is InChI=1S/C52H53FN6O6/c53-43-21-12-22-47(65-30-11-10-29-64-42-20-13-28-62-36-42)51(43)58-48(61)33-45-50(54-58)49(37-23-24-44(46(60)32-37)57-26-25-56-27-31-63-35-41(56)34-57)55-59(45)52(38-14-4-1-5-15-38,39-16-6-2-7-17-39)40-18-8-3-9-19-40/h1-9,12,14-19,21-24,32-33,41-42,60H,10-11,13,20,25-31,34-36H2/t41-,42?/m1/s1. The SMILES string of the molecule is O=c1cc2c(nn1-c1c(F)cccc1OCCCCOC1CCCOC1)c(-c1ccc(N3CCN4CCOC[C@H]4C3)c(O)c1)nn2C(c1ccccc1)(c1ccccc1)c1ccccc1. The quantitative estimate of drug-likeness (QED) is 0.0858. The lowest BCUT2D eigenvalue weighted by molar-refractivity contribution is -0.0510. The van der Waals surface area contributed by atoms with E-state index in [1.807, 2.05) is 71.4 Å². The van der Waals surface area contributed by atoms with Crippen molar-refractivity contribution in [2.75, 3.05) is 70.7 Å². The summed E-state index contributed by atoms with van der Waals surface area (Å²) in [5.74, 6) is -0.387. The number of ether oxygens (including phenoxy) is 4. The van der Waals surface area contributed by atoms with Crippen molar-refractivity contribution in [1.29, 1.82) is 0 Å². The summed E-state index contributed by atoms with van der Waals surface area (Å²) in [6, 6.07) is 41.9. The smallest absolute Gasteiger partial charge is 0.273 e. The zero-order valence-electron chi connectivity index (χ0n) is 36.3. The zero-order valence-corrected chi connectivity index (χ0v) is 36.3. The number of nitrogens with zero attached hydrogens (tertiary/aromatic N) is 6. The Hall–Kier alpha value is -6.38. The maximum Gasteiger partial charge on any atom is 0.273 e. The van der Waals surface area contributed by atoms with Crippen LogP contribution in [0, 0.1) is 5.82 Å². The molecule has 1 N–H and O–H groups in total. The third-order valence-electron chi connectivity index (χ3n) is 12.9. The maximum atomic E-state index is 16.2. The third-order valence-corrected chi connectivity index (χ3v) is 12.9. The van der Waals surface area contributed by atoms with Gasteiger partial charge in [0.05, 0.1) is 49.8 Å². The number of aromatic nitrogens is 4. The van der Waals surface area contributed by atoms with Crippen molar-refractivity contribution in [2.45, 2.75) is 43.4 Å². The van der Waals surface area contributed by atoms with E-state index in [0.717, 1.165) is 80.0 Å². The number of fused-ring (bicyclic) bond motifs is 2. The number of anilines is 1. The van der Waals surface area contributed by atoms with E-state index in [9.17, 15) is 9.90 Å². The largest absolute Gasteiger partial charge is 0.506 e. The molecule has 0 bridgehead atoms. The molecule has 0 radical (unpaired) electrons. The Kier molecular flexibility index (Phi) is 12.4. The summed E-state index contributed by atoms with van der Waals surface area (Å²) in [5, 5.41) is 22.3. The molecular formula is C52H53FN6O6. The number of para-hydroxylation sites is 1. The van der Waals surface area contributed by atoms with Crippen molar-refractivity contribution in [2.24, 2.45) is 0 Å². The molecule has 65 heavy (non-hydrogen) atoms. The molecule has 13 heteroatoms. The highest BCUT2D eigenvalue weighted by Crippen LogP contribution is 2.44. The Labute approximate surface area is 377 Å². The van der Waals surface area contributed by atoms with E-state index < -0.39 is 16.9 Å². The van der Waals surface area contributed by atoms with Gasteiger partial charge in [0, 0.05) is 51.0 Å². The minimum atomic E-state index is -1.12. The highest BCUT2D eigenvalue weighted by molar-refractivity contribution is 5.91. The molecule has 3 aliphatic rings. The molecule has 7 aromatic rings. The van der Waals surface area contributed by atoms with Gasteiger partial charge in [-0.1, -0.05) is 103 Å². The Morgan fingerprint density at radius 1 is 0.754 bits per heavy atom. The number of unbranched alkanes of at least 4 members (excludes halogenated alkanes) is 1. The summed E-state index contributed by atoms with van der Waals surface area (Å²) in [7, 11) is 0. The normalized spacial score (nSPS) is 18.1. The number of phenols is 1. The van der Waals surface area contributed by atoms with Crippen LogP contribution in [0.25, 0.3) is 28.0 Å². The topological polar surface area (TPSA) is 116 Å². The molecule has 3 aliphatic heterocycles. The van der Waals surface area contributed by atoms with Crippen LogP contribution in [0.15, 0.2) is 138 Å². The van der Waals surface area contributed by atoms with Crippen LogP contribution in [0.2, 0.25) is 0 Å². The summed E-state index contributed by atoms with van der Waals surface area (Å²) in [5.41, 5.74) is 3.31. The highest BCUT2D eigenvalue weighted by atomic mass is 19.1. The molecule has 0 aliphatic carbocycles. The molecule has 5 aromatic carbocycles. The number of aromatic hydroxyl groups is 1. The zero-order chi connectivity index (χ0) is 44.2. The number of hydrogen-bond donors (Lipinski definition) is 1. The van der Waals surface area contributed by atoms with Gasteiger partial charge in [-0.3, -0.25) is 9.69 Å². The molecule has 0 amide bonds. The van der Waals surface area contributed by atoms with Crippen molar-refractivity contribution in [3.63, 3.8) is 0 Å². The summed E-state index contributed by atoms with van der Waals surface area (Å²) >= 11 is 0. The lowest BCUT2D eigenvalue weighted by Crippen LogP contribution is -2.58. The lowest BCUT2D eigenvalue weighted by atomic mass is 9.77. The van der Waals surface area contributed by atoms with Gasteiger partial charge in [-0.05, 0) is 66.6 Å². The molecule has 5 heterocycles. The van der Waals surface area contributed by atoms with E-state index in [-0.39, 0.29) is 35.9 Å². The molecule has 334 valence electrons. The monoisotopic (exact) mass is 876 g/mol. The van der Waals surface area contributed by atoms with Crippen LogP contribution in [-0.4, -0.2) is 108 Å². The minimum absolute atomic E-state index is 0.0893. The van der Waals surface area contributed by atoms with E-state index >= 15 is 4.39 Å².